The summed E-state index contributed by atoms with van der Waals surface area (Å²) < 4.78 is 38.7. The molecule has 1 N–H and O–H groups in total. The summed E-state index contributed by atoms with van der Waals surface area (Å²) in [7, 11) is 0. The highest BCUT2D eigenvalue weighted by atomic mass is 35.5. The summed E-state index contributed by atoms with van der Waals surface area (Å²) >= 11 is 5.80. The summed E-state index contributed by atoms with van der Waals surface area (Å²) in [5.41, 5.74) is 1.65. The number of para-hydroxylation sites is 1. The molecule has 9 heteroatoms. The molecule has 0 amide bonds. The maximum Gasteiger partial charge on any atom is 0.417 e. The summed E-state index contributed by atoms with van der Waals surface area (Å²) in [6, 6.07) is 7.41. The minimum absolute atomic E-state index is 0.0844. The molecule has 0 aliphatic carbocycles. The van der Waals surface area contributed by atoms with Crippen LogP contribution in [0.2, 0.25) is 5.02 Å². The van der Waals surface area contributed by atoms with Gasteiger partial charge in [-0.2, -0.15) is 13.2 Å². The van der Waals surface area contributed by atoms with Crippen LogP contribution >= 0.6 is 11.6 Å². The number of benzene rings is 1. The lowest BCUT2D eigenvalue weighted by molar-refractivity contribution is -0.137. The molecule has 0 saturated heterocycles. The van der Waals surface area contributed by atoms with Crippen molar-refractivity contribution in [2.45, 2.75) is 6.18 Å². The van der Waals surface area contributed by atoms with Crippen molar-refractivity contribution in [2.75, 3.05) is 5.43 Å². The Morgan fingerprint density at radius 3 is 2.61 bits per heavy atom. The molecule has 0 radical (unpaired) electrons. The summed E-state index contributed by atoms with van der Waals surface area (Å²) in [5, 5.41) is 0.0883. The number of anilines is 1. The summed E-state index contributed by atoms with van der Waals surface area (Å²) in [4.78, 5) is 20.0. The second-order valence-electron chi connectivity index (χ2n) is 4.60. The van der Waals surface area contributed by atoms with Crippen LogP contribution in [0.5, 0.6) is 0 Å². The number of pyridine rings is 1. The molecule has 0 atom stereocenters. The van der Waals surface area contributed by atoms with E-state index in [1.54, 1.807) is 24.3 Å². The summed E-state index contributed by atoms with van der Waals surface area (Å²) in [6.07, 6.45) is -2.70. The number of hydrogen-bond acceptors (Lipinski definition) is 4. The van der Waals surface area contributed by atoms with Crippen LogP contribution in [0.15, 0.2) is 47.7 Å². The van der Waals surface area contributed by atoms with Crippen molar-refractivity contribution in [2.24, 2.45) is 0 Å². The van der Waals surface area contributed by atoms with Crippen LogP contribution in [0, 0.1) is 0 Å². The average molecular weight is 341 g/mol. The van der Waals surface area contributed by atoms with E-state index in [0.717, 1.165) is 10.7 Å². The lowest BCUT2D eigenvalue weighted by Gasteiger charge is -2.12. The first-order valence-corrected chi connectivity index (χ1v) is 6.70. The number of fused-ring (bicyclic) bond motifs is 1. The van der Waals surface area contributed by atoms with Gasteiger partial charge in [-0.1, -0.05) is 23.7 Å². The highest BCUT2D eigenvalue weighted by Crippen LogP contribution is 2.32. The zero-order valence-corrected chi connectivity index (χ0v) is 12.1. The number of rotatable bonds is 2. The fraction of sp³-hybridized carbons (Fsp3) is 0.0714. The Hall–Kier alpha value is -2.61. The van der Waals surface area contributed by atoms with Gasteiger partial charge < -0.3 is 0 Å². The molecule has 2 aromatic heterocycles. The molecule has 1 aromatic carbocycles. The SMILES string of the molecule is O=c1c2ccccc2ncn1Nc1ncc(C(F)(F)F)cc1Cl. The molecule has 2 heterocycles. The predicted octanol–water partition coefficient (Wildman–Crippen LogP) is 3.34. The number of aromatic nitrogens is 3. The third-order valence-electron chi connectivity index (χ3n) is 3.06. The van der Waals surface area contributed by atoms with Gasteiger partial charge in [0.25, 0.3) is 5.56 Å². The van der Waals surface area contributed by atoms with Gasteiger partial charge in [-0.05, 0) is 18.2 Å². The van der Waals surface area contributed by atoms with Crippen molar-refractivity contribution in [3.8, 4) is 0 Å². The third kappa shape index (κ3) is 2.98. The quantitative estimate of drug-likeness (QED) is 0.777. The highest BCUT2D eigenvalue weighted by Gasteiger charge is 2.31. The van der Waals surface area contributed by atoms with Crippen LogP contribution in [-0.2, 0) is 6.18 Å². The number of nitrogens with zero attached hydrogens (tertiary/aromatic N) is 3. The minimum atomic E-state index is -4.55. The Balaban J connectivity index is 2.00. The van der Waals surface area contributed by atoms with E-state index in [4.69, 9.17) is 11.6 Å². The molecule has 0 aliphatic rings. The van der Waals surface area contributed by atoms with Crippen LogP contribution < -0.4 is 11.0 Å². The lowest BCUT2D eigenvalue weighted by atomic mass is 10.2. The van der Waals surface area contributed by atoms with Gasteiger partial charge >= 0.3 is 6.18 Å². The van der Waals surface area contributed by atoms with Gasteiger partial charge in [-0.25, -0.2) is 14.6 Å². The first-order valence-electron chi connectivity index (χ1n) is 6.32. The second kappa shape index (κ2) is 5.54. The fourth-order valence-electron chi connectivity index (χ4n) is 1.94. The monoisotopic (exact) mass is 340 g/mol. The zero-order chi connectivity index (χ0) is 16.6. The first-order chi connectivity index (χ1) is 10.9. The molecule has 3 rings (SSSR count). The molecule has 5 nitrogen and oxygen atoms in total. The molecule has 23 heavy (non-hydrogen) atoms. The fourth-order valence-corrected chi connectivity index (χ4v) is 2.15. The van der Waals surface area contributed by atoms with Gasteiger partial charge in [0.1, 0.15) is 6.33 Å². The van der Waals surface area contributed by atoms with E-state index in [0.29, 0.717) is 17.1 Å². The van der Waals surface area contributed by atoms with E-state index in [1.165, 1.54) is 6.33 Å². The van der Waals surface area contributed by atoms with Crippen molar-refractivity contribution >= 4 is 28.3 Å². The number of hydrogen-bond donors (Lipinski definition) is 1. The topological polar surface area (TPSA) is 59.8 Å². The van der Waals surface area contributed by atoms with Crippen LogP contribution in [0.4, 0.5) is 19.0 Å². The van der Waals surface area contributed by atoms with E-state index in [9.17, 15) is 18.0 Å². The summed E-state index contributed by atoms with van der Waals surface area (Å²) in [6.45, 7) is 0. The van der Waals surface area contributed by atoms with Gasteiger partial charge in [0, 0.05) is 6.20 Å². The molecule has 0 aliphatic heterocycles. The van der Waals surface area contributed by atoms with Crippen LogP contribution in [0.1, 0.15) is 5.56 Å². The van der Waals surface area contributed by atoms with Crippen LogP contribution in [0.25, 0.3) is 10.9 Å². The zero-order valence-electron chi connectivity index (χ0n) is 11.3. The maximum atomic E-state index is 12.6. The molecule has 0 bridgehead atoms. The average Bonchev–Trinajstić information content (AvgIpc) is 2.51. The van der Waals surface area contributed by atoms with Crippen molar-refractivity contribution in [1.29, 1.82) is 0 Å². The first kappa shape index (κ1) is 15.3. The molecular weight excluding hydrogens is 333 g/mol. The van der Waals surface area contributed by atoms with Gasteiger partial charge in [-0.3, -0.25) is 10.2 Å². The van der Waals surface area contributed by atoms with E-state index in [-0.39, 0.29) is 10.8 Å². The van der Waals surface area contributed by atoms with Crippen LogP contribution in [0.3, 0.4) is 0 Å². The molecule has 0 saturated carbocycles. The second-order valence-corrected chi connectivity index (χ2v) is 5.01. The highest BCUT2D eigenvalue weighted by molar-refractivity contribution is 6.32. The molecule has 0 fully saturated rings. The van der Waals surface area contributed by atoms with Crippen molar-refractivity contribution in [1.82, 2.24) is 14.6 Å². The Morgan fingerprint density at radius 2 is 1.91 bits per heavy atom. The molecule has 0 unspecified atom stereocenters. The van der Waals surface area contributed by atoms with Gasteiger partial charge in [0.2, 0.25) is 0 Å². The lowest BCUT2D eigenvalue weighted by Crippen LogP contribution is -2.27. The number of alkyl halides is 3. The standard InChI is InChI=1S/C14H8ClF3N4O/c15-10-5-8(14(16,17)18)6-19-12(10)21-22-7-20-11-4-2-1-3-9(11)13(22)23/h1-7H,(H,19,21). The van der Waals surface area contributed by atoms with Gasteiger partial charge in [0.05, 0.1) is 21.5 Å². The van der Waals surface area contributed by atoms with Gasteiger partial charge in [0.15, 0.2) is 5.82 Å². The Kier molecular flexibility index (Phi) is 3.69. The molecule has 0 spiro atoms. The normalized spacial score (nSPS) is 11.7. The van der Waals surface area contributed by atoms with Crippen molar-refractivity contribution in [3.05, 3.63) is 63.8 Å². The molecular formula is C14H8ClF3N4O. The largest absolute Gasteiger partial charge is 0.417 e. The number of nitrogens with one attached hydrogen (secondary N) is 1. The number of halogens is 4. The predicted molar refractivity (Wildman–Crippen MR) is 79.3 cm³/mol. The van der Waals surface area contributed by atoms with Crippen LogP contribution in [-0.4, -0.2) is 14.6 Å². The van der Waals surface area contributed by atoms with E-state index >= 15 is 0 Å². The molecule has 118 valence electrons. The Morgan fingerprint density at radius 1 is 1.17 bits per heavy atom. The Labute approximate surface area is 132 Å². The van der Waals surface area contributed by atoms with Gasteiger partial charge in [-0.15, -0.1) is 0 Å². The maximum absolute atomic E-state index is 12.6. The Bertz CT molecular complexity index is 939. The third-order valence-corrected chi connectivity index (χ3v) is 3.35. The summed E-state index contributed by atoms with van der Waals surface area (Å²) in [5.74, 6) is -0.0844. The molecule has 3 aromatic rings. The van der Waals surface area contributed by atoms with E-state index in [2.05, 4.69) is 15.4 Å². The van der Waals surface area contributed by atoms with Crippen molar-refractivity contribution < 1.29 is 13.2 Å². The van der Waals surface area contributed by atoms with E-state index < -0.39 is 17.3 Å². The smallest absolute Gasteiger partial charge is 0.272 e. The van der Waals surface area contributed by atoms with Crippen molar-refractivity contribution in [3.63, 3.8) is 0 Å². The van der Waals surface area contributed by atoms with E-state index in [1.807, 2.05) is 0 Å². The minimum Gasteiger partial charge on any atom is -0.272 e.